The highest BCUT2D eigenvalue weighted by atomic mass is 15.3. The monoisotopic (exact) mass is 244 g/mol. The van der Waals surface area contributed by atoms with Gasteiger partial charge in [0.25, 0.3) is 0 Å². The zero-order valence-electron chi connectivity index (χ0n) is 11.4. The summed E-state index contributed by atoms with van der Waals surface area (Å²) in [5, 5.41) is 7.71. The Morgan fingerprint density at radius 2 is 2.11 bits per heavy atom. The minimum atomic E-state index is 0.300. The topological polar surface area (TPSA) is 42.7 Å². The van der Waals surface area contributed by atoms with Gasteiger partial charge in [0.15, 0.2) is 5.82 Å². The zero-order chi connectivity index (χ0) is 13.1. The molecular formula is C14H20N4. The average molecular weight is 244 g/mol. The Kier molecular flexibility index (Phi) is 3.77. The molecule has 0 fully saturated rings. The first kappa shape index (κ1) is 12.8. The number of hydrogen-bond acceptors (Lipinski definition) is 3. The molecule has 0 radical (unpaired) electrons. The third-order valence-corrected chi connectivity index (χ3v) is 3.11. The molecule has 0 saturated heterocycles. The smallest absolute Gasteiger partial charge is 0.164 e. The fourth-order valence-corrected chi connectivity index (χ4v) is 2.13. The highest BCUT2D eigenvalue weighted by Gasteiger charge is 2.09. The first-order valence-corrected chi connectivity index (χ1v) is 6.21. The van der Waals surface area contributed by atoms with Crippen LogP contribution in [-0.4, -0.2) is 14.8 Å². The van der Waals surface area contributed by atoms with Crippen molar-refractivity contribution >= 4 is 0 Å². The average Bonchev–Trinajstić information content (AvgIpc) is 2.72. The maximum atomic E-state index is 4.26. The normalized spacial score (nSPS) is 12.7. The van der Waals surface area contributed by atoms with E-state index in [1.807, 2.05) is 7.05 Å². The maximum Gasteiger partial charge on any atom is 0.164 e. The van der Waals surface area contributed by atoms with E-state index in [1.54, 1.807) is 11.0 Å². The van der Waals surface area contributed by atoms with Gasteiger partial charge >= 0.3 is 0 Å². The molecule has 4 nitrogen and oxygen atoms in total. The molecule has 0 saturated carbocycles. The molecule has 0 bridgehead atoms. The summed E-state index contributed by atoms with van der Waals surface area (Å²) in [6.45, 7) is 7.13. The SMILES string of the molecule is Cc1ccc(C(C)NCc2ncn(C)n2)c(C)c1. The molecule has 0 spiro atoms. The summed E-state index contributed by atoms with van der Waals surface area (Å²) in [5.74, 6) is 0.828. The molecule has 0 aliphatic carbocycles. The molecule has 1 unspecified atom stereocenters. The van der Waals surface area contributed by atoms with Gasteiger partial charge in [-0.1, -0.05) is 23.8 Å². The lowest BCUT2D eigenvalue weighted by molar-refractivity contribution is 0.554. The van der Waals surface area contributed by atoms with Gasteiger partial charge in [0, 0.05) is 13.1 Å². The molecule has 2 rings (SSSR count). The molecule has 96 valence electrons. The maximum absolute atomic E-state index is 4.26. The zero-order valence-corrected chi connectivity index (χ0v) is 11.4. The Bertz CT molecular complexity index is 530. The van der Waals surface area contributed by atoms with Crippen LogP contribution >= 0.6 is 0 Å². The summed E-state index contributed by atoms with van der Waals surface area (Å²) in [7, 11) is 1.88. The van der Waals surface area contributed by atoms with Crippen LogP contribution in [0, 0.1) is 13.8 Å². The Hall–Kier alpha value is -1.68. The largest absolute Gasteiger partial charge is 0.303 e. The summed E-state index contributed by atoms with van der Waals surface area (Å²) in [6, 6.07) is 6.86. The van der Waals surface area contributed by atoms with E-state index in [0.29, 0.717) is 12.6 Å². The molecule has 1 aromatic heterocycles. The van der Waals surface area contributed by atoms with Crippen molar-refractivity contribution in [2.24, 2.45) is 7.05 Å². The molecule has 0 aliphatic heterocycles. The molecule has 1 atom stereocenters. The van der Waals surface area contributed by atoms with Crippen LogP contribution in [0.2, 0.25) is 0 Å². The molecular weight excluding hydrogens is 224 g/mol. The van der Waals surface area contributed by atoms with Gasteiger partial charge < -0.3 is 5.32 Å². The van der Waals surface area contributed by atoms with E-state index >= 15 is 0 Å². The minimum Gasteiger partial charge on any atom is -0.303 e. The van der Waals surface area contributed by atoms with Gasteiger partial charge in [-0.05, 0) is 31.9 Å². The molecule has 0 aliphatic rings. The first-order chi connectivity index (χ1) is 8.56. The Labute approximate surface area is 108 Å². The minimum absolute atomic E-state index is 0.300. The summed E-state index contributed by atoms with van der Waals surface area (Å²) in [4.78, 5) is 4.21. The van der Waals surface area contributed by atoms with E-state index in [4.69, 9.17) is 0 Å². The highest BCUT2D eigenvalue weighted by Crippen LogP contribution is 2.18. The van der Waals surface area contributed by atoms with Crippen molar-refractivity contribution in [2.45, 2.75) is 33.4 Å². The molecule has 0 amide bonds. The number of hydrogen-bond donors (Lipinski definition) is 1. The van der Waals surface area contributed by atoms with Crippen molar-refractivity contribution in [3.8, 4) is 0 Å². The van der Waals surface area contributed by atoms with E-state index in [2.05, 4.69) is 54.4 Å². The van der Waals surface area contributed by atoms with Gasteiger partial charge in [0.2, 0.25) is 0 Å². The van der Waals surface area contributed by atoms with Crippen LogP contribution in [0.25, 0.3) is 0 Å². The second kappa shape index (κ2) is 5.31. The fourth-order valence-electron chi connectivity index (χ4n) is 2.13. The van der Waals surface area contributed by atoms with E-state index < -0.39 is 0 Å². The molecule has 1 heterocycles. The van der Waals surface area contributed by atoms with Crippen LogP contribution in [0.1, 0.15) is 35.5 Å². The van der Waals surface area contributed by atoms with Crippen molar-refractivity contribution in [3.05, 3.63) is 47.0 Å². The van der Waals surface area contributed by atoms with Crippen LogP contribution in [0.15, 0.2) is 24.5 Å². The van der Waals surface area contributed by atoms with Gasteiger partial charge in [0.05, 0.1) is 6.54 Å². The molecule has 2 aromatic rings. The van der Waals surface area contributed by atoms with Crippen LogP contribution in [0.4, 0.5) is 0 Å². The van der Waals surface area contributed by atoms with E-state index in [-0.39, 0.29) is 0 Å². The molecule has 1 aromatic carbocycles. The predicted molar refractivity (Wildman–Crippen MR) is 72.2 cm³/mol. The lowest BCUT2D eigenvalue weighted by Crippen LogP contribution is -2.19. The highest BCUT2D eigenvalue weighted by molar-refractivity contribution is 5.32. The van der Waals surface area contributed by atoms with Crippen LogP contribution < -0.4 is 5.32 Å². The third kappa shape index (κ3) is 2.96. The molecule has 18 heavy (non-hydrogen) atoms. The quantitative estimate of drug-likeness (QED) is 0.897. The predicted octanol–water partition coefficient (Wildman–Crippen LogP) is 2.28. The van der Waals surface area contributed by atoms with Crippen molar-refractivity contribution in [3.63, 3.8) is 0 Å². The number of aryl methyl sites for hydroxylation is 3. The van der Waals surface area contributed by atoms with Crippen molar-refractivity contribution in [1.29, 1.82) is 0 Å². The number of rotatable bonds is 4. The summed E-state index contributed by atoms with van der Waals surface area (Å²) < 4.78 is 1.72. The van der Waals surface area contributed by atoms with Crippen molar-refractivity contribution < 1.29 is 0 Å². The van der Waals surface area contributed by atoms with Gasteiger partial charge in [-0.25, -0.2) is 4.98 Å². The Morgan fingerprint density at radius 3 is 2.72 bits per heavy atom. The van der Waals surface area contributed by atoms with Gasteiger partial charge in [-0.2, -0.15) is 5.10 Å². The second-order valence-electron chi connectivity index (χ2n) is 4.80. The van der Waals surface area contributed by atoms with Crippen molar-refractivity contribution in [1.82, 2.24) is 20.1 Å². The number of aromatic nitrogens is 3. The van der Waals surface area contributed by atoms with E-state index in [1.165, 1.54) is 16.7 Å². The van der Waals surface area contributed by atoms with Crippen molar-refractivity contribution in [2.75, 3.05) is 0 Å². The number of nitrogens with zero attached hydrogens (tertiary/aromatic N) is 3. The van der Waals surface area contributed by atoms with Gasteiger partial charge in [-0.3, -0.25) is 4.68 Å². The van der Waals surface area contributed by atoms with E-state index in [9.17, 15) is 0 Å². The van der Waals surface area contributed by atoms with Gasteiger partial charge in [-0.15, -0.1) is 0 Å². The fraction of sp³-hybridized carbons (Fsp3) is 0.429. The van der Waals surface area contributed by atoms with Gasteiger partial charge in [0.1, 0.15) is 6.33 Å². The third-order valence-electron chi connectivity index (χ3n) is 3.11. The standard InChI is InChI=1S/C14H20N4/c1-10-5-6-13(11(2)7-10)12(3)15-8-14-16-9-18(4)17-14/h5-7,9,12,15H,8H2,1-4H3. The number of nitrogens with one attached hydrogen (secondary N) is 1. The second-order valence-corrected chi connectivity index (χ2v) is 4.80. The molecule has 4 heteroatoms. The first-order valence-electron chi connectivity index (χ1n) is 6.21. The van der Waals surface area contributed by atoms with Crippen LogP contribution in [-0.2, 0) is 13.6 Å². The Morgan fingerprint density at radius 1 is 1.33 bits per heavy atom. The summed E-state index contributed by atoms with van der Waals surface area (Å²) in [6.07, 6.45) is 1.72. The number of benzene rings is 1. The lowest BCUT2D eigenvalue weighted by Gasteiger charge is -2.16. The lowest BCUT2D eigenvalue weighted by atomic mass is 10.0. The van der Waals surface area contributed by atoms with Crippen LogP contribution in [0.5, 0.6) is 0 Å². The molecule has 1 N–H and O–H groups in total. The Balaban J connectivity index is 2.01. The van der Waals surface area contributed by atoms with Crippen LogP contribution in [0.3, 0.4) is 0 Å². The summed E-state index contributed by atoms with van der Waals surface area (Å²) >= 11 is 0. The summed E-state index contributed by atoms with van der Waals surface area (Å²) in [5.41, 5.74) is 3.95. The van der Waals surface area contributed by atoms with E-state index in [0.717, 1.165) is 5.82 Å².